The van der Waals surface area contributed by atoms with Crippen molar-refractivity contribution in [3.05, 3.63) is 41.3 Å². The topological polar surface area (TPSA) is 43.4 Å². The number of rotatable bonds is 2. The molecule has 3 atom stereocenters. The second-order valence-electron chi connectivity index (χ2n) is 4.96. The van der Waals surface area contributed by atoms with Crippen LogP contribution < -0.4 is 0 Å². The highest BCUT2D eigenvalue weighted by molar-refractivity contribution is 7.95. The number of benzene rings is 1. The highest BCUT2D eigenvalue weighted by Crippen LogP contribution is 2.39. The summed E-state index contributed by atoms with van der Waals surface area (Å²) in [5.41, 5.74) is 0. The second-order valence-corrected chi connectivity index (χ2v) is 6.91. The van der Waals surface area contributed by atoms with Crippen molar-refractivity contribution >= 4 is 9.84 Å². The van der Waals surface area contributed by atoms with E-state index in [9.17, 15) is 8.42 Å². The fourth-order valence-electron chi connectivity index (χ4n) is 2.77. The molecular weight excluding hydrogens is 248 g/mol. The molecule has 4 heteroatoms. The van der Waals surface area contributed by atoms with E-state index < -0.39 is 9.84 Å². The number of hydrogen-bond donors (Lipinski definition) is 0. The van der Waals surface area contributed by atoms with Gasteiger partial charge in [0.15, 0.2) is 0 Å². The van der Waals surface area contributed by atoms with Crippen LogP contribution in [0.4, 0.5) is 0 Å². The summed E-state index contributed by atoms with van der Waals surface area (Å²) < 4.78 is 30.9. The normalized spacial score (nSPS) is 31.2. The summed E-state index contributed by atoms with van der Waals surface area (Å²) in [6.07, 6.45) is 3.74. The molecule has 0 aromatic heterocycles. The first kappa shape index (κ1) is 11.9. The van der Waals surface area contributed by atoms with Crippen LogP contribution in [0.15, 0.2) is 46.2 Å². The highest BCUT2D eigenvalue weighted by Gasteiger charge is 2.40. The Hall–Kier alpha value is -1.13. The lowest BCUT2D eigenvalue weighted by Crippen LogP contribution is -2.28. The van der Waals surface area contributed by atoms with Gasteiger partial charge in [0.05, 0.1) is 22.0 Å². The minimum atomic E-state index is -3.36. The molecule has 0 amide bonds. The van der Waals surface area contributed by atoms with Crippen molar-refractivity contribution in [1.82, 2.24) is 0 Å². The third-order valence-electron chi connectivity index (χ3n) is 3.81. The van der Waals surface area contributed by atoms with E-state index in [0.29, 0.717) is 9.80 Å². The van der Waals surface area contributed by atoms with Crippen LogP contribution in [0.2, 0.25) is 0 Å². The van der Waals surface area contributed by atoms with Crippen LogP contribution in [0.25, 0.3) is 0 Å². The van der Waals surface area contributed by atoms with Crippen molar-refractivity contribution in [3.63, 3.8) is 0 Å². The third kappa shape index (κ3) is 1.80. The molecule has 1 saturated heterocycles. The molecule has 3 nitrogen and oxygen atoms in total. The maximum atomic E-state index is 12.6. The molecule has 2 heterocycles. The first-order valence-corrected chi connectivity index (χ1v) is 7.74. The van der Waals surface area contributed by atoms with Gasteiger partial charge in [0.25, 0.3) is 0 Å². The quantitative estimate of drug-likeness (QED) is 0.824. The zero-order valence-electron chi connectivity index (χ0n) is 10.2. The van der Waals surface area contributed by atoms with Crippen molar-refractivity contribution < 1.29 is 13.2 Å². The molecule has 0 aliphatic carbocycles. The van der Waals surface area contributed by atoms with E-state index in [2.05, 4.69) is 0 Å². The molecule has 0 radical (unpaired) electrons. The van der Waals surface area contributed by atoms with E-state index in [0.717, 1.165) is 12.8 Å². The first-order chi connectivity index (χ1) is 8.59. The summed E-state index contributed by atoms with van der Waals surface area (Å²) in [6, 6.07) is 8.64. The second kappa shape index (κ2) is 4.21. The molecule has 0 spiro atoms. The van der Waals surface area contributed by atoms with Crippen LogP contribution in [0.3, 0.4) is 0 Å². The Balaban J connectivity index is 2.05. The average molecular weight is 264 g/mol. The minimum Gasteiger partial charge on any atom is -0.370 e. The zero-order valence-corrected chi connectivity index (χ0v) is 11.1. The first-order valence-electron chi connectivity index (χ1n) is 6.26. The van der Waals surface area contributed by atoms with Crippen LogP contribution in [0, 0.1) is 5.92 Å². The number of sulfone groups is 1. The molecule has 3 rings (SSSR count). The Morgan fingerprint density at radius 1 is 1.17 bits per heavy atom. The fourth-order valence-corrected chi connectivity index (χ4v) is 4.53. The van der Waals surface area contributed by atoms with Gasteiger partial charge in [-0.1, -0.05) is 25.1 Å². The molecule has 2 aliphatic rings. The van der Waals surface area contributed by atoms with Crippen molar-refractivity contribution in [2.45, 2.75) is 36.9 Å². The number of hydrogen-bond acceptors (Lipinski definition) is 3. The van der Waals surface area contributed by atoms with Crippen molar-refractivity contribution in [3.8, 4) is 0 Å². The van der Waals surface area contributed by atoms with E-state index in [1.54, 1.807) is 30.3 Å². The molecule has 0 N–H and O–H groups in total. The van der Waals surface area contributed by atoms with Gasteiger partial charge >= 0.3 is 0 Å². The Morgan fingerprint density at radius 2 is 1.89 bits per heavy atom. The van der Waals surface area contributed by atoms with Crippen LogP contribution in [0.5, 0.6) is 0 Å². The zero-order chi connectivity index (χ0) is 12.8. The molecular formula is C14H16O3S. The van der Waals surface area contributed by atoms with Gasteiger partial charge in [0.2, 0.25) is 9.84 Å². The Bertz CT molecular complexity index is 574. The van der Waals surface area contributed by atoms with Crippen molar-refractivity contribution in [2.24, 2.45) is 5.92 Å². The van der Waals surface area contributed by atoms with Gasteiger partial charge < -0.3 is 4.74 Å². The Kier molecular flexibility index (Phi) is 2.79. The molecule has 2 bridgehead atoms. The van der Waals surface area contributed by atoms with Gasteiger partial charge in [-0.25, -0.2) is 8.42 Å². The summed E-state index contributed by atoms with van der Waals surface area (Å²) in [6.45, 7) is 1.94. The van der Waals surface area contributed by atoms with E-state index in [-0.39, 0.29) is 18.1 Å². The molecule has 96 valence electrons. The summed E-state index contributed by atoms with van der Waals surface area (Å²) in [5.74, 6) is -0.0473. The van der Waals surface area contributed by atoms with Crippen LogP contribution >= 0.6 is 0 Å². The lowest BCUT2D eigenvalue weighted by atomic mass is 10.0. The molecule has 0 unspecified atom stereocenters. The lowest BCUT2D eigenvalue weighted by Gasteiger charge is -2.27. The Morgan fingerprint density at radius 3 is 2.61 bits per heavy atom. The van der Waals surface area contributed by atoms with E-state index in [1.807, 2.05) is 13.0 Å². The maximum absolute atomic E-state index is 12.6. The van der Waals surface area contributed by atoms with Crippen molar-refractivity contribution in [1.29, 1.82) is 0 Å². The van der Waals surface area contributed by atoms with Gasteiger partial charge in [0, 0.05) is 5.92 Å². The predicted octanol–water partition coefficient (Wildman–Crippen LogP) is 2.54. The maximum Gasteiger partial charge on any atom is 0.202 e. The molecule has 1 aromatic rings. The number of fused-ring (bicyclic) bond motifs is 2. The van der Waals surface area contributed by atoms with Crippen LogP contribution in [-0.4, -0.2) is 20.6 Å². The van der Waals surface area contributed by atoms with Crippen LogP contribution in [0.1, 0.15) is 19.8 Å². The number of ether oxygens (including phenoxy) is 1. The van der Waals surface area contributed by atoms with Gasteiger partial charge in [-0.2, -0.15) is 0 Å². The van der Waals surface area contributed by atoms with E-state index in [4.69, 9.17) is 4.74 Å². The van der Waals surface area contributed by atoms with E-state index >= 15 is 0 Å². The predicted molar refractivity (Wildman–Crippen MR) is 68.8 cm³/mol. The molecule has 1 aromatic carbocycles. The molecule has 2 aliphatic heterocycles. The van der Waals surface area contributed by atoms with Gasteiger partial charge in [-0.15, -0.1) is 0 Å². The molecule has 18 heavy (non-hydrogen) atoms. The Labute approximate surface area is 107 Å². The third-order valence-corrected chi connectivity index (χ3v) is 5.83. The summed E-state index contributed by atoms with van der Waals surface area (Å²) in [4.78, 5) is 0.914. The van der Waals surface area contributed by atoms with Crippen LogP contribution in [-0.2, 0) is 14.6 Å². The molecule has 1 fully saturated rings. The summed E-state index contributed by atoms with van der Waals surface area (Å²) >= 11 is 0. The smallest absolute Gasteiger partial charge is 0.202 e. The summed E-state index contributed by atoms with van der Waals surface area (Å²) in [5, 5.41) is 0. The summed E-state index contributed by atoms with van der Waals surface area (Å²) in [7, 11) is -3.36. The fraction of sp³-hybridized carbons (Fsp3) is 0.429. The SMILES string of the molecule is C[C@H]1C(S(=O)(=O)c2ccccc2)=C[C@@H]2CC[C@H]1O2. The van der Waals surface area contributed by atoms with E-state index in [1.165, 1.54) is 0 Å². The highest BCUT2D eigenvalue weighted by atomic mass is 32.2. The average Bonchev–Trinajstić information content (AvgIpc) is 2.79. The van der Waals surface area contributed by atoms with Crippen molar-refractivity contribution in [2.75, 3.05) is 0 Å². The van der Waals surface area contributed by atoms with Gasteiger partial charge in [0.1, 0.15) is 0 Å². The largest absolute Gasteiger partial charge is 0.370 e. The lowest BCUT2D eigenvalue weighted by molar-refractivity contribution is 0.0362. The monoisotopic (exact) mass is 264 g/mol. The molecule has 0 saturated carbocycles. The van der Waals surface area contributed by atoms with Gasteiger partial charge in [-0.3, -0.25) is 0 Å². The minimum absolute atomic E-state index is 0.0142. The standard InChI is InChI=1S/C14H16O3S/c1-10-13-8-7-11(17-13)9-14(10)18(15,16)12-5-3-2-4-6-12/h2-6,9-11,13H,7-8H2,1H3/t10-,11+,13-/m1/s1. The van der Waals surface area contributed by atoms with Gasteiger partial charge in [-0.05, 0) is 31.1 Å².